The minimum Gasteiger partial charge on any atom is -0.370 e. The van der Waals surface area contributed by atoms with Gasteiger partial charge in [-0.2, -0.15) is 0 Å². The Morgan fingerprint density at radius 2 is 1.15 bits per heavy atom. The number of carbonyl (C=O) groups is 2. The second-order valence-corrected chi connectivity index (χ2v) is 10.3. The Morgan fingerprint density at radius 3 is 1.56 bits per heavy atom. The summed E-state index contributed by atoms with van der Waals surface area (Å²) in [6, 6.07) is -0.432. The van der Waals surface area contributed by atoms with Crippen LogP contribution < -0.4 is 0 Å². The lowest BCUT2D eigenvalue weighted by Crippen LogP contribution is -2.52. The first-order valence-corrected chi connectivity index (χ1v) is 9.66. The summed E-state index contributed by atoms with van der Waals surface area (Å²) in [7, 11) is 0. The van der Waals surface area contributed by atoms with Crippen LogP contribution in [0.2, 0.25) is 0 Å². The maximum atomic E-state index is 12.3. The van der Waals surface area contributed by atoms with Crippen LogP contribution in [0.3, 0.4) is 0 Å². The molecule has 0 bridgehead atoms. The number of carbonyl (C=O) groups excluding carboxylic acids is 2. The van der Waals surface area contributed by atoms with Gasteiger partial charge in [0.25, 0.3) is 11.8 Å². The van der Waals surface area contributed by atoms with E-state index in [4.69, 9.17) is 14.2 Å². The molecule has 1 aliphatic heterocycles. The Morgan fingerprint density at radius 1 is 0.741 bits per heavy atom. The molecule has 0 spiro atoms. The molecule has 2 aliphatic rings. The fourth-order valence-corrected chi connectivity index (χ4v) is 3.60. The smallest absolute Gasteiger partial charge is 0.253 e. The summed E-state index contributed by atoms with van der Waals surface area (Å²) in [4.78, 5) is 26.0. The van der Waals surface area contributed by atoms with Crippen molar-refractivity contribution in [2.75, 3.05) is 0 Å². The molecule has 6 heteroatoms. The summed E-state index contributed by atoms with van der Waals surface area (Å²) in [6.07, 6.45) is 1.96. The number of hydrogen-bond donors (Lipinski definition) is 0. The van der Waals surface area contributed by atoms with Gasteiger partial charge < -0.3 is 14.2 Å². The van der Waals surface area contributed by atoms with Gasteiger partial charge in [0.1, 0.15) is 12.2 Å². The number of amides is 2. The summed E-state index contributed by atoms with van der Waals surface area (Å²) >= 11 is 0. The standard InChI is InChI=1S/C21H35NO5/c1-19(2,3)25-14-12-13(22-15(23)10-11-16(22)24)17(26-20(4,5)6)18(14)27-21(7,8)9/h10-11,13-14,17-18H,12H2,1-9H3/t13-,14-,17-,18-/m0/s1. The van der Waals surface area contributed by atoms with E-state index in [1.165, 1.54) is 17.1 Å². The summed E-state index contributed by atoms with van der Waals surface area (Å²) in [5.74, 6) is -0.614. The topological polar surface area (TPSA) is 65.1 Å². The number of nitrogens with zero attached hydrogens (tertiary/aromatic N) is 1. The highest BCUT2D eigenvalue weighted by Gasteiger charge is 2.53. The SMILES string of the molecule is CC(C)(C)O[C@@H]1[C@@H](OC(C)(C)C)[C@@H](N2C(=O)C=CC2=O)C[C@@H]1OC(C)(C)C. The fourth-order valence-electron chi connectivity index (χ4n) is 3.60. The largest absolute Gasteiger partial charge is 0.370 e. The van der Waals surface area contributed by atoms with Crippen molar-refractivity contribution in [1.29, 1.82) is 0 Å². The van der Waals surface area contributed by atoms with Gasteiger partial charge in [-0.3, -0.25) is 14.5 Å². The van der Waals surface area contributed by atoms with Gasteiger partial charge in [-0.25, -0.2) is 0 Å². The van der Waals surface area contributed by atoms with Crippen molar-refractivity contribution in [3.05, 3.63) is 12.2 Å². The van der Waals surface area contributed by atoms with Crippen molar-refractivity contribution in [2.24, 2.45) is 0 Å². The van der Waals surface area contributed by atoms with Crippen molar-refractivity contribution in [3.63, 3.8) is 0 Å². The molecule has 0 aromatic heterocycles. The van der Waals surface area contributed by atoms with Crippen LogP contribution in [-0.2, 0) is 23.8 Å². The highest BCUT2D eigenvalue weighted by atomic mass is 16.6. The quantitative estimate of drug-likeness (QED) is 0.700. The number of hydrogen-bond acceptors (Lipinski definition) is 5. The molecule has 0 N–H and O–H groups in total. The maximum Gasteiger partial charge on any atom is 0.253 e. The van der Waals surface area contributed by atoms with E-state index in [0.717, 1.165) is 0 Å². The second kappa shape index (κ2) is 7.30. The first kappa shape index (κ1) is 22.1. The minimum atomic E-state index is -0.468. The molecule has 4 atom stereocenters. The minimum absolute atomic E-state index is 0.289. The molecular weight excluding hydrogens is 346 g/mol. The molecule has 1 fully saturated rings. The van der Waals surface area contributed by atoms with Gasteiger partial charge >= 0.3 is 0 Å². The van der Waals surface area contributed by atoms with Crippen LogP contribution >= 0.6 is 0 Å². The van der Waals surface area contributed by atoms with Crippen LogP contribution in [0, 0.1) is 0 Å². The van der Waals surface area contributed by atoms with Gasteiger partial charge in [-0.05, 0) is 68.7 Å². The van der Waals surface area contributed by atoms with Crippen molar-refractivity contribution in [3.8, 4) is 0 Å². The number of rotatable bonds is 4. The maximum absolute atomic E-state index is 12.3. The van der Waals surface area contributed by atoms with Crippen molar-refractivity contribution >= 4 is 11.8 Å². The summed E-state index contributed by atoms with van der Waals surface area (Å²) in [5, 5.41) is 0. The highest BCUT2D eigenvalue weighted by molar-refractivity contribution is 6.13. The zero-order chi connectivity index (χ0) is 20.8. The third kappa shape index (κ3) is 5.87. The lowest BCUT2D eigenvalue weighted by atomic mass is 10.1. The molecular formula is C21H35NO5. The third-order valence-electron chi connectivity index (χ3n) is 4.20. The molecule has 27 heavy (non-hydrogen) atoms. The molecule has 0 radical (unpaired) electrons. The van der Waals surface area contributed by atoms with Crippen molar-refractivity contribution in [1.82, 2.24) is 4.90 Å². The number of ether oxygens (including phenoxy) is 3. The molecule has 2 rings (SSSR count). The van der Waals surface area contributed by atoms with Crippen LogP contribution in [0.25, 0.3) is 0 Å². The Hall–Kier alpha value is -1.24. The van der Waals surface area contributed by atoms with E-state index in [1.807, 2.05) is 62.3 Å². The predicted molar refractivity (Wildman–Crippen MR) is 103 cm³/mol. The normalized spacial score (nSPS) is 29.9. The average molecular weight is 382 g/mol. The summed E-state index contributed by atoms with van der Waals surface area (Å²) < 4.78 is 19.0. The van der Waals surface area contributed by atoms with Crippen LogP contribution in [0.5, 0.6) is 0 Å². The third-order valence-corrected chi connectivity index (χ3v) is 4.20. The summed E-state index contributed by atoms with van der Waals surface area (Å²) in [6.45, 7) is 17.8. The monoisotopic (exact) mass is 381 g/mol. The van der Waals surface area contributed by atoms with E-state index in [0.29, 0.717) is 6.42 Å². The van der Waals surface area contributed by atoms with E-state index in [9.17, 15) is 9.59 Å². The highest BCUT2D eigenvalue weighted by Crippen LogP contribution is 2.38. The molecule has 2 amide bonds. The molecule has 0 aromatic rings. The van der Waals surface area contributed by atoms with Crippen molar-refractivity contribution in [2.45, 2.75) is 110 Å². The Labute approximate surface area is 163 Å². The van der Waals surface area contributed by atoms with Gasteiger partial charge in [0, 0.05) is 12.2 Å². The Kier molecular flexibility index (Phi) is 5.96. The first-order valence-electron chi connectivity index (χ1n) is 9.66. The van der Waals surface area contributed by atoms with E-state index >= 15 is 0 Å². The van der Waals surface area contributed by atoms with E-state index in [1.54, 1.807) is 0 Å². The molecule has 0 aromatic carbocycles. The van der Waals surface area contributed by atoms with E-state index in [-0.39, 0.29) is 23.5 Å². The van der Waals surface area contributed by atoms with Crippen LogP contribution in [0.4, 0.5) is 0 Å². The second-order valence-electron chi connectivity index (χ2n) is 10.3. The predicted octanol–water partition coefficient (Wildman–Crippen LogP) is 3.23. The molecule has 0 unspecified atom stereocenters. The molecule has 1 heterocycles. The summed E-state index contributed by atoms with van der Waals surface area (Å²) in [5.41, 5.74) is -1.27. The molecule has 6 nitrogen and oxygen atoms in total. The lowest BCUT2D eigenvalue weighted by Gasteiger charge is -2.38. The van der Waals surface area contributed by atoms with Crippen molar-refractivity contribution < 1.29 is 23.8 Å². The fraction of sp³-hybridized carbons (Fsp3) is 0.810. The number of imide groups is 1. The van der Waals surface area contributed by atoms with Gasteiger partial charge in [-0.15, -0.1) is 0 Å². The molecule has 1 saturated carbocycles. The zero-order valence-electron chi connectivity index (χ0n) is 18.2. The van der Waals surface area contributed by atoms with Crippen LogP contribution in [0.1, 0.15) is 68.7 Å². The van der Waals surface area contributed by atoms with Gasteiger partial charge in [0.15, 0.2) is 0 Å². The Balaban J connectivity index is 2.41. The lowest BCUT2D eigenvalue weighted by molar-refractivity contribution is -0.199. The molecule has 0 saturated heterocycles. The average Bonchev–Trinajstić information content (AvgIpc) is 2.88. The van der Waals surface area contributed by atoms with E-state index in [2.05, 4.69) is 0 Å². The van der Waals surface area contributed by atoms with Crippen LogP contribution in [-0.4, -0.2) is 57.9 Å². The van der Waals surface area contributed by atoms with Gasteiger partial charge in [0.05, 0.1) is 28.9 Å². The Bertz CT molecular complexity index is 588. The molecule has 154 valence electrons. The van der Waals surface area contributed by atoms with E-state index < -0.39 is 29.5 Å². The van der Waals surface area contributed by atoms with Crippen LogP contribution in [0.15, 0.2) is 12.2 Å². The zero-order valence-corrected chi connectivity index (χ0v) is 18.2. The van der Waals surface area contributed by atoms with Gasteiger partial charge in [-0.1, -0.05) is 0 Å². The molecule has 1 aliphatic carbocycles. The van der Waals surface area contributed by atoms with Gasteiger partial charge in [0.2, 0.25) is 0 Å². The first-order chi connectivity index (χ1) is 12.1.